The third kappa shape index (κ3) is 1.98. The minimum absolute atomic E-state index is 0.159. The van der Waals surface area contributed by atoms with Gasteiger partial charge in [-0.1, -0.05) is 6.07 Å². The van der Waals surface area contributed by atoms with Crippen LogP contribution in [0.3, 0.4) is 0 Å². The molecule has 0 saturated carbocycles. The summed E-state index contributed by atoms with van der Waals surface area (Å²) in [7, 11) is 0. The number of fused-ring (bicyclic) bond motifs is 1. The second kappa shape index (κ2) is 4.37. The molecule has 0 unspecified atom stereocenters. The van der Waals surface area contributed by atoms with E-state index >= 15 is 0 Å². The van der Waals surface area contributed by atoms with E-state index in [1.165, 1.54) is 11.7 Å². The minimum Gasteiger partial charge on any atom is -0.378 e. The number of nitrogens with one attached hydrogen (secondary N) is 1. The lowest BCUT2D eigenvalue weighted by Crippen LogP contribution is -1.95. The van der Waals surface area contributed by atoms with Crippen molar-refractivity contribution in [1.82, 2.24) is 19.1 Å². The molecule has 2 aromatic heterocycles. The molecule has 3 rings (SSSR count). The number of hydrogen-bond donors (Lipinski definition) is 2. The highest BCUT2D eigenvalue weighted by Gasteiger charge is 2.03. The zero-order valence-electron chi connectivity index (χ0n) is 8.94. The van der Waals surface area contributed by atoms with Crippen LogP contribution < -0.4 is 11.2 Å². The van der Waals surface area contributed by atoms with Crippen molar-refractivity contribution < 1.29 is 4.63 Å². The average molecular weight is 261 g/mol. The van der Waals surface area contributed by atoms with Crippen LogP contribution >= 0.6 is 11.7 Å². The van der Waals surface area contributed by atoms with Gasteiger partial charge in [0.2, 0.25) is 11.6 Å². The molecule has 0 atom stereocenters. The summed E-state index contributed by atoms with van der Waals surface area (Å²) in [5.41, 5.74) is 10.7. The SMILES string of the molecule is Nc1nonc1N/N=C/c1ccc2nsnc2c1. The second-order valence-electron chi connectivity index (χ2n) is 3.38. The minimum atomic E-state index is 0.159. The van der Waals surface area contributed by atoms with Crippen molar-refractivity contribution in [3.63, 3.8) is 0 Å². The molecule has 3 aromatic rings. The largest absolute Gasteiger partial charge is 0.378 e. The maximum absolute atomic E-state index is 5.46. The van der Waals surface area contributed by atoms with E-state index < -0.39 is 0 Å². The number of nitrogens with zero attached hydrogens (tertiary/aromatic N) is 5. The van der Waals surface area contributed by atoms with E-state index in [2.05, 4.69) is 34.2 Å². The summed E-state index contributed by atoms with van der Waals surface area (Å²) in [5.74, 6) is 0.439. The Kier molecular flexibility index (Phi) is 2.57. The molecule has 0 aliphatic carbocycles. The molecule has 0 bridgehead atoms. The number of hydrogen-bond acceptors (Lipinski definition) is 9. The quantitative estimate of drug-likeness (QED) is 0.535. The molecule has 18 heavy (non-hydrogen) atoms. The molecule has 0 spiro atoms. The van der Waals surface area contributed by atoms with Crippen molar-refractivity contribution in [2.75, 3.05) is 11.2 Å². The fourth-order valence-electron chi connectivity index (χ4n) is 1.32. The van der Waals surface area contributed by atoms with Crippen LogP contribution in [0.2, 0.25) is 0 Å². The zero-order valence-corrected chi connectivity index (χ0v) is 9.76. The van der Waals surface area contributed by atoms with E-state index in [4.69, 9.17) is 5.73 Å². The van der Waals surface area contributed by atoms with Crippen LogP contribution in [0.15, 0.2) is 27.9 Å². The molecule has 0 aliphatic heterocycles. The maximum Gasteiger partial charge on any atom is 0.235 e. The molecule has 0 amide bonds. The molecule has 0 aliphatic rings. The fraction of sp³-hybridized carbons (Fsp3) is 0. The van der Waals surface area contributed by atoms with Crippen LogP contribution in [0.1, 0.15) is 5.56 Å². The molecule has 3 N–H and O–H groups in total. The van der Waals surface area contributed by atoms with Crippen molar-refractivity contribution in [3.05, 3.63) is 23.8 Å². The van der Waals surface area contributed by atoms with E-state index in [0.29, 0.717) is 0 Å². The van der Waals surface area contributed by atoms with Gasteiger partial charge >= 0.3 is 0 Å². The van der Waals surface area contributed by atoms with E-state index in [1.807, 2.05) is 18.2 Å². The van der Waals surface area contributed by atoms with Gasteiger partial charge < -0.3 is 5.73 Å². The predicted octanol–water partition coefficient (Wildman–Crippen LogP) is 1.10. The first kappa shape index (κ1) is 10.6. The van der Waals surface area contributed by atoms with Gasteiger partial charge in [-0.15, -0.1) is 0 Å². The Morgan fingerprint density at radius 1 is 1.28 bits per heavy atom. The Bertz CT molecular complexity index is 704. The number of hydrazone groups is 1. The lowest BCUT2D eigenvalue weighted by Gasteiger charge is -1.94. The summed E-state index contributed by atoms with van der Waals surface area (Å²) in [6.45, 7) is 0. The summed E-state index contributed by atoms with van der Waals surface area (Å²) >= 11 is 1.18. The van der Waals surface area contributed by atoms with Gasteiger partial charge in [-0.2, -0.15) is 13.8 Å². The van der Waals surface area contributed by atoms with Crippen molar-refractivity contribution in [1.29, 1.82) is 0 Å². The summed E-state index contributed by atoms with van der Waals surface area (Å²) in [4.78, 5) is 0. The van der Waals surface area contributed by atoms with Gasteiger partial charge in [0.05, 0.1) is 17.9 Å². The van der Waals surface area contributed by atoms with Crippen LogP contribution in [0.5, 0.6) is 0 Å². The van der Waals surface area contributed by atoms with Gasteiger partial charge in [-0.05, 0) is 28.0 Å². The Morgan fingerprint density at radius 2 is 2.17 bits per heavy atom. The van der Waals surface area contributed by atoms with Crippen LogP contribution in [0.4, 0.5) is 11.6 Å². The molecule has 2 heterocycles. The van der Waals surface area contributed by atoms with Gasteiger partial charge in [-0.3, -0.25) is 5.43 Å². The molecule has 0 saturated heterocycles. The Labute approximate surface area is 105 Å². The number of rotatable bonds is 3. The summed E-state index contributed by atoms with van der Waals surface area (Å²) in [6, 6.07) is 5.65. The number of nitrogens with two attached hydrogens (primary N) is 1. The number of benzene rings is 1. The summed E-state index contributed by atoms with van der Waals surface area (Å²) in [6.07, 6.45) is 1.62. The molecule has 9 heteroatoms. The van der Waals surface area contributed by atoms with E-state index in [-0.39, 0.29) is 11.6 Å². The standard InChI is InChI=1S/C9H7N7OS/c10-8-9(14-17-13-8)12-11-4-5-1-2-6-7(3-5)16-18-15-6/h1-4H,(H2,10,13)(H,12,14)/b11-4+. The van der Waals surface area contributed by atoms with Crippen molar-refractivity contribution >= 4 is 40.6 Å². The highest BCUT2D eigenvalue weighted by molar-refractivity contribution is 7.00. The third-order valence-corrected chi connectivity index (χ3v) is 2.73. The molecular formula is C9H7N7OS. The molecule has 8 nitrogen and oxygen atoms in total. The van der Waals surface area contributed by atoms with Crippen molar-refractivity contribution in [2.45, 2.75) is 0 Å². The second-order valence-corrected chi connectivity index (χ2v) is 3.91. The summed E-state index contributed by atoms with van der Waals surface area (Å²) in [5, 5.41) is 10.9. The topological polar surface area (TPSA) is 115 Å². The average Bonchev–Trinajstić information content (AvgIpc) is 2.98. The van der Waals surface area contributed by atoms with Gasteiger partial charge in [0, 0.05) is 0 Å². The first-order chi connectivity index (χ1) is 8.83. The Morgan fingerprint density at radius 3 is 3.00 bits per heavy atom. The molecular weight excluding hydrogens is 254 g/mol. The molecule has 1 aromatic carbocycles. The van der Waals surface area contributed by atoms with Crippen LogP contribution in [-0.4, -0.2) is 25.3 Å². The van der Waals surface area contributed by atoms with E-state index in [0.717, 1.165) is 16.6 Å². The monoisotopic (exact) mass is 261 g/mol. The molecule has 0 fully saturated rings. The fourth-order valence-corrected chi connectivity index (χ4v) is 1.84. The van der Waals surface area contributed by atoms with Gasteiger partial charge in [0.1, 0.15) is 11.0 Å². The van der Waals surface area contributed by atoms with Gasteiger partial charge in [-0.25, -0.2) is 4.63 Å². The highest BCUT2D eigenvalue weighted by Crippen LogP contribution is 2.13. The zero-order chi connectivity index (χ0) is 12.4. The van der Waals surface area contributed by atoms with Crippen molar-refractivity contribution in [2.24, 2.45) is 5.10 Å². The normalized spacial score (nSPS) is 11.3. The van der Waals surface area contributed by atoms with Gasteiger partial charge in [0.25, 0.3) is 0 Å². The third-order valence-electron chi connectivity index (χ3n) is 2.18. The molecule has 90 valence electrons. The Balaban J connectivity index is 1.77. The predicted molar refractivity (Wildman–Crippen MR) is 67.3 cm³/mol. The first-order valence-corrected chi connectivity index (χ1v) is 5.65. The van der Waals surface area contributed by atoms with Crippen LogP contribution in [0.25, 0.3) is 11.0 Å². The molecule has 0 radical (unpaired) electrons. The maximum atomic E-state index is 5.46. The highest BCUT2D eigenvalue weighted by atomic mass is 32.1. The first-order valence-electron chi connectivity index (χ1n) is 4.92. The lowest BCUT2D eigenvalue weighted by molar-refractivity contribution is 0.310. The number of anilines is 2. The van der Waals surface area contributed by atoms with Gasteiger partial charge in [0.15, 0.2) is 0 Å². The lowest BCUT2D eigenvalue weighted by atomic mass is 10.2. The van der Waals surface area contributed by atoms with Crippen LogP contribution in [-0.2, 0) is 0 Å². The summed E-state index contributed by atoms with van der Waals surface area (Å²) < 4.78 is 12.7. The number of aromatic nitrogens is 4. The Hall–Kier alpha value is -2.55. The van der Waals surface area contributed by atoms with Crippen LogP contribution in [0, 0.1) is 0 Å². The van der Waals surface area contributed by atoms with Crippen molar-refractivity contribution in [3.8, 4) is 0 Å². The van der Waals surface area contributed by atoms with E-state index in [1.54, 1.807) is 6.21 Å². The van der Waals surface area contributed by atoms with E-state index in [9.17, 15) is 0 Å². The smallest absolute Gasteiger partial charge is 0.235 e. The number of nitrogen functional groups attached to an aromatic ring is 1.